The van der Waals surface area contributed by atoms with E-state index in [1.165, 1.54) is 27.4 Å². The predicted molar refractivity (Wildman–Crippen MR) is 119 cm³/mol. The second-order valence-corrected chi connectivity index (χ2v) is 9.36. The maximum Gasteiger partial charge on any atom is 0.338 e. The van der Waals surface area contributed by atoms with E-state index in [4.69, 9.17) is 16.3 Å². The molecule has 0 N–H and O–H groups in total. The molecule has 0 atom stereocenters. The normalized spacial score (nSPS) is 11.4. The zero-order valence-electron chi connectivity index (χ0n) is 18.1. The Kier molecular flexibility index (Phi) is 8.61. The number of carbonyl (C=O) groups excluding carboxylic acids is 2. The van der Waals surface area contributed by atoms with Gasteiger partial charge in [-0.15, -0.1) is 0 Å². The molecule has 0 aliphatic carbocycles. The van der Waals surface area contributed by atoms with E-state index in [1.54, 1.807) is 20.9 Å². The second kappa shape index (κ2) is 10.7. The lowest BCUT2D eigenvalue weighted by Gasteiger charge is -2.19. The number of aryl methyl sites for hydroxylation is 1. The van der Waals surface area contributed by atoms with Crippen molar-refractivity contribution in [3.05, 3.63) is 64.2 Å². The lowest BCUT2D eigenvalue weighted by atomic mass is 10.1. The van der Waals surface area contributed by atoms with E-state index in [-0.39, 0.29) is 34.5 Å². The van der Waals surface area contributed by atoms with Gasteiger partial charge in [-0.25, -0.2) is 13.2 Å². The topological polar surface area (TPSA) is 84.0 Å². The third kappa shape index (κ3) is 6.29. The minimum absolute atomic E-state index is 0.00381. The molecule has 2 rings (SSSR count). The second-order valence-electron chi connectivity index (χ2n) is 7.05. The largest absolute Gasteiger partial charge is 0.452 e. The molecule has 0 aliphatic heterocycles. The summed E-state index contributed by atoms with van der Waals surface area (Å²) in [6, 6.07) is 11.6. The van der Waals surface area contributed by atoms with Gasteiger partial charge < -0.3 is 9.64 Å². The fraction of sp³-hybridized carbons (Fsp3) is 0.364. The monoisotopic (exact) mass is 466 g/mol. The van der Waals surface area contributed by atoms with Crippen LogP contribution in [-0.2, 0) is 26.1 Å². The summed E-state index contributed by atoms with van der Waals surface area (Å²) in [5.41, 5.74) is 2.08. The maximum atomic E-state index is 12.8. The van der Waals surface area contributed by atoms with E-state index >= 15 is 0 Å². The summed E-state index contributed by atoms with van der Waals surface area (Å²) >= 11 is 6.08. The summed E-state index contributed by atoms with van der Waals surface area (Å²) in [4.78, 5) is 26.0. The van der Waals surface area contributed by atoms with Crippen molar-refractivity contribution in [2.24, 2.45) is 0 Å². The van der Waals surface area contributed by atoms with Crippen molar-refractivity contribution in [2.75, 3.05) is 26.7 Å². The number of carbonyl (C=O) groups is 2. The molecule has 0 radical (unpaired) electrons. The minimum Gasteiger partial charge on any atom is -0.452 e. The van der Waals surface area contributed by atoms with E-state index < -0.39 is 22.6 Å². The van der Waals surface area contributed by atoms with Crippen LogP contribution in [0.1, 0.15) is 35.3 Å². The SMILES string of the molecule is CCN(CC)S(=O)(=O)c1cc(C(=O)OCC(=O)N(C)Cc2ccc(C)cc2)ccc1Cl. The van der Waals surface area contributed by atoms with Gasteiger partial charge in [-0.1, -0.05) is 55.3 Å². The zero-order chi connectivity index (χ0) is 23.2. The number of esters is 1. The number of nitrogens with zero attached hydrogens (tertiary/aromatic N) is 2. The number of hydrogen-bond donors (Lipinski definition) is 0. The van der Waals surface area contributed by atoms with Crippen LogP contribution in [0.15, 0.2) is 47.4 Å². The molecular formula is C22H27ClN2O5S. The van der Waals surface area contributed by atoms with Crippen LogP contribution in [0.2, 0.25) is 5.02 Å². The van der Waals surface area contributed by atoms with Crippen LogP contribution in [0.5, 0.6) is 0 Å². The van der Waals surface area contributed by atoms with Crippen LogP contribution in [-0.4, -0.2) is 56.2 Å². The van der Waals surface area contributed by atoms with Gasteiger partial charge in [0.05, 0.1) is 10.6 Å². The highest BCUT2D eigenvalue weighted by molar-refractivity contribution is 7.89. The number of likely N-dealkylation sites (N-methyl/N-ethyl adjacent to an activating group) is 1. The summed E-state index contributed by atoms with van der Waals surface area (Å²) < 4.78 is 31.9. The molecule has 168 valence electrons. The molecule has 31 heavy (non-hydrogen) atoms. The van der Waals surface area contributed by atoms with Gasteiger partial charge in [0, 0.05) is 26.7 Å². The molecule has 0 unspecified atom stereocenters. The Bertz CT molecular complexity index is 1030. The quantitative estimate of drug-likeness (QED) is 0.528. The summed E-state index contributed by atoms with van der Waals surface area (Å²) in [5.74, 6) is -1.18. The third-order valence-electron chi connectivity index (χ3n) is 4.78. The lowest BCUT2D eigenvalue weighted by molar-refractivity contribution is -0.133. The number of benzene rings is 2. The van der Waals surface area contributed by atoms with E-state index in [9.17, 15) is 18.0 Å². The number of hydrogen-bond acceptors (Lipinski definition) is 5. The molecule has 0 heterocycles. The van der Waals surface area contributed by atoms with Gasteiger partial charge in [-0.3, -0.25) is 4.79 Å². The standard InChI is InChI=1S/C22H27ClN2O5S/c1-5-25(6-2)31(28,29)20-13-18(11-12-19(20)23)22(27)30-15-21(26)24(4)14-17-9-7-16(3)8-10-17/h7-13H,5-6,14-15H2,1-4H3. The molecule has 0 aromatic heterocycles. The first-order chi connectivity index (χ1) is 14.6. The number of sulfonamides is 1. The Morgan fingerprint density at radius 2 is 1.65 bits per heavy atom. The van der Waals surface area contributed by atoms with Crippen molar-refractivity contribution in [3.8, 4) is 0 Å². The number of ether oxygens (including phenoxy) is 1. The fourth-order valence-corrected chi connectivity index (χ4v) is 4.87. The first-order valence-electron chi connectivity index (χ1n) is 9.86. The van der Waals surface area contributed by atoms with Gasteiger partial charge in [-0.05, 0) is 30.7 Å². The highest BCUT2D eigenvalue weighted by Gasteiger charge is 2.26. The molecule has 2 aromatic rings. The van der Waals surface area contributed by atoms with Crippen molar-refractivity contribution >= 4 is 33.5 Å². The van der Waals surface area contributed by atoms with Crippen LogP contribution in [0.25, 0.3) is 0 Å². The van der Waals surface area contributed by atoms with Crippen molar-refractivity contribution in [3.63, 3.8) is 0 Å². The molecule has 0 aliphatic rings. The highest BCUT2D eigenvalue weighted by atomic mass is 35.5. The number of halogens is 1. The summed E-state index contributed by atoms with van der Waals surface area (Å²) in [6.07, 6.45) is 0. The fourth-order valence-electron chi connectivity index (χ4n) is 2.91. The molecular weight excluding hydrogens is 440 g/mol. The minimum atomic E-state index is -3.85. The molecule has 0 saturated carbocycles. The van der Waals surface area contributed by atoms with Gasteiger partial charge in [-0.2, -0.15) is 4.31 Å². The molecule has 0 fully saturated rings. The van der Waals surface area contributed by atoms with Gasteiger partial charge in [0.25, 0.3) is 5.91 Å². The molecule has 0 bridgehead atoms. The summed E-state index contributed by atoms with van der Waals surface area (Å²) in [7, 11) is -2.23. The van der Waals surface area contributed by atoms with E-state index in [0.717, 1.165) is 11.1 Å². The van der Waals surface area contributed by atoms with Crippen molar-refractivity contribution < 1.29 is 22.7 Å². The third-order valence-corrected chi connectivity index (χ3v) is 7.31. The molecule has 0 saturated heterocycles. The van der Waals surface area contributed by atoms with E-state index in [2.05, 4.69) is 0 Å². The van der Waals surface area contributed by atoms with Crippen molar-refractivity contribution in [1.82, 2.24) is 9.21 Å². The smallest absolute Gasteiger partial charge is 0.338 e. The maximum absolute atomic E-state index is 12.8. The average Bonchev–Trinajstić information content (AvgIpc) is 2.74. The molecule has 7 nitrogen and oxygen atoms in total. The van der Waals surface area contributed by atoms with E-state index in [0.29, 0.717) is 6.54 Å². The van der Waals surface area contributed by atoms with Gasteiger partial charge in [0.1, 0.15) is 4.90 Å². The van der Waals surface area contributed by atoms with Crippen LogP contribution >= 0.6 is 11.6 Å². The van der Waals surface area contributed by atoms with Gasteiger partial charge in [0.2, 0.25) is 10.0 Å². The Labute approximate surface area is 188 Å². The Morgan fingerprint density at radius 1 is 1.03 bits per heavy atom. The molecule has 1 amide bonds. The number of rotatable bonds is 9. The van der Waals surface area contributed by atoms with Gasteiger partial charge in [0.15, 0.2) is 6.61 Å². The average molecular weight is 467 g/mol. The Balaban J connectivity index is 2.06. The summed E-state index contributed by atoms with van der Waals surface area (Å²) in [6.45, 7) is 5.87. The van der Waals surface area contributed by atoms with Gasteiger partial charge >= 0.3 is 5.97 Å². The Morgan fingerprint density at radius 3 is 2.23 bits per heavy atom. The number of amides is 1. The van der Waals surface area contributed by atoms with Crippen molar-refractivity contribution in [2.45, 2.75) is 32.2 Å². The predicted octanol–water partition coefficient (Wildman–Crippen LogP) is 3.49. The highest BCUT2D eigenvalue weighted by Crippen LogP contribution is 2.26. The first-order valence-corrected chi connectivity index (χ1v) is 11.7. The summed E-state index contributed by atoms with van der Waals surface area (Å²) in [5, 5.41) is 0.0114. The lowest BCUT2D eigenvalue weighted by Crippen LogP contribution is -2.31. The van der Waals surface area contributed by atoms with Crippen LogP contribution in [0, 0.1) is 6.92 Å². The van der Waals surface area contributed by atoms with E-state index in [1.807, 2.05) is 31.2 Å². The Hall–Kier alpha value is -2.42. The molecule has 0 spiro atoms. The van der Waals surface area contributed by atoms with Crippen LogP contribution < -0.4 is 0 Å². The van der Waals surface area contributed by atoms with Crippen molar-refractivity contribution in [1.29, 1.82) is 0 Å². The molecule has 2 aromatic carbocycles. The zero-order valence-corrected chi connectivity index (χ0v) is 19.7. The van der Waals surface area contributed by atoms with Crippen LogP contribution in [0.3, 0.4) is 0 Å². The molecule has 9 heteroatoms. The first kappa shape index (κ1) is 24.8. The van der Waals surface area contributed by atoms with Crippen LogP contribution in [0.4, 0.5) is 0 Å².